The van der Waals surface area contributed by atoms with Crippen molar-refractivity contribution >= 4 is 28.7 Å². The van der Waals surface area contributed by atoms with Gasteiger partial charge in [-0.05, 0) is 27.2 Å². The molecule has 2 rings (SSSR count). The van der Waals surface area contributed by atoms with E-state index in [4.69, 9.17) is 0 Å². The quantitative estimate of drug-likeness (QED) is 0.814. The van der Waals surface area contributed by atoms with Gasteiger partial charge in [0.1, 0.15) is 0 Å². The first kappa shape index (κ1) is 14.4. The van der Waals surface area contributed by atoms with Crippen LogP contribution in [0.25, 0.3) is 0 Å². The molecule has 0 aliphatic carbocycles. The third-order valence-electron chi connectivity index (χ3n) is 3.56. The van der Waals surface area contributed by atoms with E-state index in [0.29, 0.717) is 13.0 Å². The highest BCUT2D eigenvalue weighted by Gasteiger charge is 2.40. The maximum absolute atomic E-state index is 12.1. The molecule has 2 atom stereocenters. The molecular weight excluding hydrogens is 264 g/mol. The van der Waals surface area contributed by atoms with Crippen LogP contribution in [-0.2, 0) is 14.4 Å². The summed E-state index contributed by atoms with van der Waals surface area (Å²) >= 11 is 1.26. The lowest BCUT2D eigenvalue weighted by molar-refractivity contribution is -0.132. The highest BCUT2D eigenvalue weighted by Crippen LogP contribution is 2.26. The molecule has 0 unspecified atom stereocenters. The van der Waals surface area contributed by atoms with Crippen molar-refractivity contribution in [2.45, 2.75) is 45.2 Å². The smallest absolute Gasteiger partial charge is 0.226 e. The molecule has 1 N–H and O–H groups in total. The number of rotatable bonds is 2. The van der Waals surface area contributed by atoms with Gasteiger partial charge >= 0.3 is 0 Å². The van der Waals surface area contributed by atoms with Crippen LogP contribution in [0, 0.1) is 5.92 Å². The van der Waals surface area contributed by atoms with Crippen molar-refractivity contribution in [2.75, 3.05) is 12.3 Å². The van der Waals surface area contributed by atoms with Gasteiger partial charge in [-0.3, -0.25) is 14.4 Å². The van der Waals surface area contributed by atoms with Gasteiger partial charge in [-0.15, -0.1) is 0 Å². The van der Waals surface area contributed by atoms with Crippen LogP contribution < -0.4 is 5.32 Å². The van der Waals surface area contributed by atoms with Gasteiger partial charge in [0.05, 0.1) is 12.0 Å². The summed E-state index contributed by atoms with van der Waals surface area (Å²) in [5.74, 6) is 0.285. The number of thioether (sulfide) groups is 1. The number of carbonyl (C=O) groups is 3. The molecule has 6 heteroatoms. The van der Waals surface area contributed by atoms with Crippen LogP contribution >= 0.6 is 11.8 Å². The van der Waals surface area contributed by atoms with E-state index in [2.05, 4.69) is 5.32 Å². The Balaban J connectivity index is 1.95. The van der Waals surface area contributed by atoms with Gasteiger partial charge in [0.2, 0.25) is 16.9 Å². The van der Waals surface area contributed by atoms with Gasteiger partial charge in [0.25, 0.3) is 0 Å². The third kappa shape index (κ3) is 3.11. The standard InChI is InChI=1S/C13H20N2O3S/c1-13(2,3)15-7-8(6-10(15)16)11(17)14-9-4-5-19-12(9)18/h8-9H,4-7H2,1-3H3,(H,14,17)/t8-,9+/m0/s1. The second-order valence-corrected chi connectivity index (χ2v) is 7.19. The molecule has 2 aliphatic heterocycles. The fraction of sp³-hybridized carbons (Fsp3) is 0.769. The first-order valence-corrected chi connectivity index (χ1v) is 7.55. The molecule has 5 nitrogen and oxygen atoms in total. The molecule has 2 amide bonds. The summed E-state index contributed by atoms with van der Waals surface area (Å²) < 4.78 is 0. The monoisotopic (exact) mass is 284 g/mol. The van der Waals surface area contributed by atoms with E-state index < -0.39 is 0 Å². The van der Waals surface area contributed by atoms with Gasteiger partial charge in [-0.2, -0.15) is 0 Å². The molecular formula is C13H20N2O3S. The Kier molecular flexibility index (Phi) is 3.90. The molecule has 0 aromatic rings. The lowest BCUT2D eigenvalue weighted by Crippen LogP contribution is -2.44. The highest BCUT2D eigenvalue weighted by atomic mass is 32.2. The van der Waals surface area contributed by atoms with Crippen LogP contribution in [0.3, 0.4) is 0 Å². The van der Waals surface area contributed by atoms with E-state index in [1.807, 2.05) is 20.8 Å². The first-order valence-electron chi connectivity index (χ1n) is 6.56. The van der Waals surface area contributed by atoms with Gasteiger partial charge in [0, 0.05) is 24.3 Å². The van der Waals surface area contributed by atoms with Crippen LogP contribution in [0.5, 0.6) is 0 Å². The Bertz CT molecular complexity index is 417. The zero-order valence-corrected chi connectivity index (χ0v) is 12.4. The number of nitrogens with zero attached hydrogens (tertiary/aromatic N) is 1. The van der Waals surface area contributed by atoms with E-state index in [9.17, 15) is 14.4 Å². The minimum atomic E-state index is -0.365. The molecule has 0 saturated carbocycles. The lowest BCUT2D eigenvalue weighted by Gasteiger charge is -2.32. The third-order valence-corrected chi connectivity index (χ3v) is 4.57. The summed E-state index contributed by atoms with van der Waals surface area (Å²) in [7, 11) is 0. The Morgan fingerprint density at radius 1 is 1.37 bits per heavy atom. The van der Waals surface area contributed by atoms with E-state index in [1.54, 1.807) is 4.90 Å². The maximum Gasteiger partial charge on any atom is 0.226 e. The van der Waals surface area contributed by atoms with Crippen LogP contribution in [-0.4, -0.2) is 45.7 Å². The fourth-order valence-corrected chi connectivity index (χ4v) is 3.38. The van der Waals surface area contributed by atoms with Crippen molar-refractivity contribution in [3.05, 3.63) is 0 Å². The summed E-state index contributed by atoms with van der Waals surface area (Å²) in [6, 6.07) is -0.365. The van der Waals surface area contributed by atoms with Gasteiger partial charge in [-0.1, -0.05) is 11.8 Å². The van der Waals surface area contributed by atoms with Crippen molar-refractivity contribution in [3.63, 3.8) is 0 Å². The number of nitrogens with one attached hydrogen (secondary N) is 1. The van der Waals surface area contributed by atoms with E-state index in [1.165, 1.54) is 11.8 Å². The summed E-state index contributed by atoms with van der Waals surface area (Å²) in [5, 5.41) is 2.81. The lowest BCUT2D eigenvalue weighted by atomic mass is 10.1. The average Bonchev–Trinajstić information content (AvgIpc) is 2.85. The van der Waals surface area contributed by atoms with Crippen molar-refractivity contribution < 1.29 is 14.4 Å². The van der Waals surface area contributed by atoms with Crippen molar-refractivity contribution in [1.29, 1.82) is 0 Å². The summed E-state index contributed by atoms with van der Waals surface area (Å²) in [5.41, 5.74) is -0.259. The number of hydrogen-bond acceptors (Lipinski definition) is 4. The molecule has 0 aromatic carbocycles. The predicted octanol–water partition coefficient (Wildman–Crippen LogP) is 0.782. The molecule has 0 aromatic heterocycles. The number of likely N-dealkylation sites (tertiary alicyclic amines) is 1. The van der Waals surface area contributed by atoms with Gasteiger partial charge in [0.15, 0.2) is 0 Å². The SMILES string of the molecule is CC(C)(C)N1C[C@@H](C(=O)N[C@@H]2CCSC2=O)CC1=O. The van der Waals surface area contributed by atoms with Crippen LogP contribution in [0.2, 0.25) is 0 Å². The molecule has 106 valence electrons. The fourth-order valence-electron chi connectivity index (χ4n) is 2.45. The number of amides is 2. The normalized spacial score (nSPS) is 28.1. The number of hydrogen-bond donors (Lipinski definition) is 1. The molecule has 0 radical (unpaired) electrons. The zero-order valence-electron chi connectivity index (χ0n) is 11.6. The predicted molar refractivity (Wildman–Crippen MR) is 73.6 cm³/mol. The largest absolute Gasteiger partial charge is 0.345 e. The molecule has 2 saturated heterocycles. The molecule has 2 aliphatic rings. The highest BCUT2D eigenvalue weighted by molar-refractivity contribution is 8.14. The summed E-state index contributed by atoms with van der Waals surface area (Å²) in [6.07, 6.45) is 0.941. The Morgan fingerprint density at radius 3 is 2.53 bits per heavy atom. The second-order valence-electron chi connectivity index (χ2n) is 6.09. The molecule has 0 spiro atoms. The van der Waals surface area contributed by atoms with Crippen LogP contribution in [0.4, 0.5) is 0 Å². The summed E-state index contributed by atoms with van der Waals surface area (Å²) in [6.45, 7) is 6.33. The summed E-state index contributed by atoms with van der Waals surface area (Å²) in [4.78, 5) is 37.2. The average molecular weight is 284 g/mol. The Hall–Kier alpha value is -1.04. The van der Waals surface area contributed by atoms with E-state index >= 15 is 0 Å². The van der Waals surface area contributed by atoms with Crippen molar-refractivity contribution in [2.24, 2.45) is 5.92 Å². The molecule has 2 heterocycles. The topological polar surface area (TPSA) is 66.5 Å². The van der Waals surface area contributed by atoms with Crippen LogP contribution in [0.15, 0.2) is 0 Å². The second kappa shape index (κ2) is 5.15. The number of carbonyl (C=O) groups excluding carboxylic acids is 3. The Morgan fingerprint density at radius 2 is 2.05 bits per heavy atom. The minimum Gasteiger partial charge on any atom is -0.345 e. The van der Waals surface area contributed by atoms with Gasteiger partial charge < -0.3 is 10.2 Å². The maximum atomic E-state index is 12.1. The van der Waals surface area contributed by atoms with Crippen molar-refractivity contribution in [1.82, 2.24) is 10.2 Å². The molecule has 2 fully saturated rings. The first-order chi connectivity index (χ1) is 8.79. The Labute approximate surface area is 117 Å². The molecule has 0 bridgehead atoms. The van der Waals surface area contributed by atoms with E-state index in [0.717, 1.165) is 5.75 Å². The van der Waals surface area contributed by atoms with Crippen molar-refractivity contribution in [3.8, 4) is 0 Å². The van der Waals surface area contributed by atoms with E-state index in [-0.39, 0.29) is 40.8 Å². The minimum absolute atomic E-state index is 0.0137. The van der Waals surface area contributed by atoms with Gasteiger partial charge in [-0.25, -0.2) is 0 Å². The van der Waals surface area contributed by atoms with Crippen LogP contribution in [0.1, 0.15) is 33.6 Å². The zero-order chi connectivity index (χ0) is 14.2. The molecule has 19 heavy (non-hydrogen) atoms.